The number of benzene rings is 2. The van der Waals surface area contributed by atoms with E-state index in [0.29, 0.717) is 11.1 Å². The van der Waals surface area contributed by atoms with Gasteiger partial charge in [-0.05, 0) is 75.1 Å². The maximum Gasteiger partial charge on any atom is 0.144 e. The third-order valence-electron chi connectivity index (χ3n) is 8.27. The number of imidazole rings is 1. The van der Waals surface area contributed by atoms with Crippen molar-refractivity contribution in [1.29, 1.82) is 0 Å². The van der Waals surface area contributed by atoms with Crippen LogP contribution in [0.3, 0.4) is 0 Å². The van der Waals surface area contributed by atoms with Crippen LogP contribution in [0.25, 0.3) is 33.5 Å². The Morgan fingerprint density at radius 1 is 1.00 bits per heavy atom. The third-order valence-corrected chi connectivity index (χ3v) is 8.50. The van der Waals surface area contributed by atoms with Gasteiger partial charge >= 0.3 is 0 Å². The van der Waals surface area contributed by atoms with Crippen molar-refractivity contribution in [2.45, 2.75) is 45.7 Å². The van der Waals surface area contributed by atoms with Crippen molar-refractivity contribution in [1.82, 2.24) is 19.9 Å². The molecule has 0 saturated carbocycles. The van der Waals surface area contributed by atoms with E-state index in [9.17, 15) is 4.39 Å². The second kappa shape index (κ2) is 11.0. The highest BCUT2D eigenvalue weighted by molar-refractivity contribution is 6.31. The van der Waals surface area contributed by atoms with Gasteiger partial charge in [-0.25, -0.2) is 14.4 Å². The SMILES string of the molecule is Cc1cc(F)cc(-c2cnc(N3CCN(C(C)C)CC3)c(-c3nc4ccc(Cl)cc4[nH]3)c2N2CCC(N)CC2)c1. The van der Waals surface area contributed by atoms with E-state index in [1.54, 1.807) is 12.1 Å². The first-order valence-corrected chi connectivity index (χ1v) is 14.6. The van der Waals surface area contributed by atoms with Crippen molar-refractivity contribution in [2.24, 2.45) is 5.73 Å². The summed E-state index contributed by atoms with van der Waals surface area (Å²) in [6, 6.07) is 11.6. The van der Waals surface area contributed by atoms with Gasteiger partial charge in [0.1, 0.15) is 17.5 Å². The summed E-state index contributed by atoms with van der Waals surface area (Å²) >= 11 is 6.34. The molecular weight excluding hydrogens is 525 g/mol. The predicted molar refractivity (Wildman–Crippen MR) is 163 cm³/mol. The van der Waals surface area contributed by atoms with Gasteiger partial charge in [0.05, 0.1) is 22.3 Å². The number of nitrogens with one attached hydrogen (secondary N) is 1. The van der Waals surface area contributed by atoms with E-state index in [-0.39, 0.29) is 11.9 Å². The molecule has 2 saturated heterocycles. The number of rotatable bonds is 5. The fourth-order valence-corrected chi connectivity index (χ4v) is 6.23. The van der Waals surface area contributed by atoms with Crippen LogP contribution >= 0.6 is 11.6 Å². The van der Waals surface area contributed by atoms with E-state index in [1.807, 2.05) is 37.4 Å². The van der Waals surface area contributed by atoms with Crippen LogP contribution in [0.4, 0.5) is 15.9 Å². The molecular formula is C31H37ClFN7. The lowest BCUT2D eigenvalue weighted by molar-refractivity contribution is 0.209. The highest BCUT2D eigenvalue weighted by Crippen LogP contribution is 2.45. The largest absolute Gasteiger partial charge is 0.370 e. The number of piperazine rings is 1. The minimum absolute atomic E-state index is 0.179. The van der Waals surface area contributed by atoms with Crippen LogP contribution in [0.2, 0.25) is 5.02 Å². The molecule has 2 aromatic carbocycles. The lowest BCUT2D eigenvalue weighted by Gasteiger charge is -2.40. The van der Waals surface area contributed by atoms with Gasteiger partial charge in [-0.15, -0.1) is 0 Å². The topological polar surface area (TPSA) is 77.3 Å². The number of aromatic amines is 1. The molecule has 2 aliphatic rings. The molecule has 0 bridgehead atoms. The fourth-order valence-electron chi connectivity index (χ4n) is 6.05. The maximum atomic E-state index is 14.7. The molecule has 4 aromatic rings. The van der Waals surface area contributed by atoms with E-state index in [4.69, 9.17) is 27.3 Å². The van der Waals surface area contributed by atoms with Crippen LogP contribution in [0.5, 0.6) is 0 Å². The summed E-state index contributed by atoms with van der Waals surface area (Å²) in [5, 5.41) is 0.653. The highest BCUT2D eigenvalue weighted by Gasteiger charge is 2.30. The van der Waals surface area contributed by atoms with Gasteiger partial charge in [0.25, 0.3) is 0 Å². The zero-order valence-electron chi connectivity index (χ0n) is 23.4. The molecule has 9 heteroatoms. The maximum absolute atomic E-state index is 14.7. The molecule has 2 aliphatic heterocycles. The summed E-state index contributed by atoms with van der Waals surface area (Å²) in [6.07, 6.45) is 3.70. The van der Waals surface area contributed by atoms with E-state index >= 15 is 0 Å². The van der Waals surface area contributed by atoms with Crippen molar-refractivity contribution in [3.63, 3.8) is 0 Å². The normalized spacial score (nSPS) is 17.4. The van der Waals surface area contributed by atoms with Crippen molar-refractivity contribution in [2.75, 3.05) is 49.1 Å². The summed E-state index contributed by atoms with van der Waals surface area (Å²) in [5.74, 6) is 1.39. The van der Waals surface area contributed by atoms with Crippen LogP contribution in [0.15, 0.2) is 42.6 Å². The molecule has 0 unspecified atom stereocenters. The molecule has 3 N–H and O–H groups in total. The number of piperidine rings is 1. The summed E-state index contributed by atoms with van der Waals surface area (Å²) in [5.41, 5.74) is 12.6. The number of pyridine rings is 1. The molecule has 0 spiro atoms. The van der Waals surface area contributed by atoms with Crippen LogP contribution in [-0.4, -0.2) is 71.2 Å². The zero-order chi connectivity index (χ0) is 28.0. The number of nitrogens with two attached hydrogens (primary N) is 1. The molecule has 0 amide bonds. The summed E-state index contributed by atoms with van der Waals surface area (Å²) < 4.78 is 14.7. The van der Waals surface area contributed by atoms with E-state index in [0.717, 1.165) is 103 Å². The van der Waals surface area contributed by atoms with Crippen LogP contribution < -0.4 is 15.5 Å². The second-order valence-electron chi connectivity index (χ2n) is 11.4. The standard InChI is InChI=1S/C31H37ClFN7/c1-19(2)38-10-12-40(13-11-38)31-28(30-36-26-5-4-22(32)17-27(26)37-30)29(39-8-6-24(34)7-9-39)25(18-35-31)21-14-20(3)15-23(33)16-21/h4-5,14-19,24H,6-13,34H2,1-3H3,(H,36,37). The summed E-state index contributed by atoms with van der Waals surface area (Å²) in [6.45, 7) is 11.7. The summed E-state index contributed by atoms with van der Waals surface area (Å²) in [7, 11) is 0. The van der Waals surface area contributed by atoms with Gasteiger partial charge < -0.3 is 20.5 Å². The number of aromatic nitrogens is 3. The number of anilines is 2. The quantitative estimate of drug-likeness (QED) is 0.318. The molecule has 6 rings (SSSR count). The lowest BCUT2D eigenvalue weighted by Crippen LogP contribution is -2.49. The predicted octanol–water partition coefficient (Wildman–Crippen LogP) is 5.85. The average molecular weight is 562 g/mol. The fraction of sp³-hybridized carbons (Fsp3) is 0.419. The minimum atomic E-state index is -0.254. The summed E-state index contributed by atoms with van der Waals surface area (Å²) in [4.78, 5) is 20.9. The number of fused-ring (bicyclic) bond motifs is 1. The monoisotopic (exact) mass is 561 g/mol. The van der Waals surface area contributed by atoms with Gasteiger partial charge in [-0.1, -0.05) is 17.7 Å². The van der Waals surface area contributed by atoms with Gasteiger partial charge in [0, 0.05) is 68.1 Å². The van der Waals surface area contributed by atoms with Crippen molar-refractivity contribution < 1.29 is 4.39 Å². The number of H-pyrrole nitrogens is 1. The van der Waals surface area contributed by atoms with Crippen molar-refractivity contribution in [3.05, 3.63) is 59.0 Å². The van der Waals surface area contributed by atoms with E-state index in [1.165, 1.54) is 0 Å². The number of nitrogens with zero attached hydrogens (tertiary/aromatic N) is 5. The second-order valence-corrected chi connectivity index (χ2v) is 11.9. The first kappa shape index (κ1) is 27.0. The van der Waals surface area contributed by atoms with Gasteiger partial charge in [0.2, 0.25) is 0 Å². The lowest BCUT2D eigenvalue weighted by atomic mass is 9.96. The molecule has 40 heavy (non-hydrogen) atoms. The van der Waals surface area contributed by atoms with Crippen LogP contribution in [0, 0.1) is 12.7 Å². The Morgan fingerprint density at radius 3 is 2.45 bits per heavy atom. The Bertz CT molecular complexity index is 1500. The number of aryl methyl sites for hydroxylation is 1. The first-order chi connectivity index (χ1) is 19.3. The Kier molecular flexibility index (Phi) is 7.42. The number of halogens is 2. The Labute approximate surface area is 240 Å². The smallest absolute Gasteiger partial charge is 0.144 e. The minimum Gasteiger partial charge on any atom is -0.370 e. The molecule has 210 valence electrons. The molecule has 0 radical (unpaired) electrons. The zero-order valence-corrected chi connectivity index (χ0v) is 24.2. The molecule has 7 nitrogen and oxygen atoms in total. The van der Waals surface area contributed by atoms with Crippen molar-refractivity contribution in [3.8, 4) is 22.5 Å². The molecule has 2 aromatic heterocycles. The molecule has 4 heterocycles. The van der Waals surface area contributed by atoms with Gasteiger partial charge in [0.15, 0.2) is 0 Å². The third kappa shape index (κ3) is 5.28. The van der Waals surface area contributed by atoms with Gasteiger partial charge in [-0.2, -0.15) is 0 Å². The number of hydrogen-bond donors (Lipinski definition) is 2. The Hall–Kier alpha value is -3.20. The average Bonchev–Trinajstić information content (AvgIpc) is 3.35. The van der Waals surface area contributed by atoms with Crippen LogP contribution in [-0.2, 0) is 0 Å². The van der Waals surface area contributed by atoms with E-state index < -0.39 is 0 Å². The number of hydrogen-bond acceptors (Lipinski definition) is 6. The van der Waals surface area contributed by atoms with Crippen molar-refractivity contribution >= 4 is 34.1 Å². The molecule has 0 atom stereocenters. The van der Waals surface area contributed by atoms with Crippen LogP contribution in [0.1, 0.15) is 32.3 Å². The molecule has 2 fully saturated rings. The van der Waals surface area contributed by atoms with E-state index in [2.05, 4.69) is 33.5 Å². The highest BCUT2D eigenvalue weighted by atomic mass is 35.5. The Balaban J connectivity index is 1.58. The van der Waals surface area contributed by atoms with Gasteiger partial charge in [-0.3, -0.25) is 4.90 Å². The Morgan fingerprint density at radius 2 is 1.75 bits per heavy atom. The first-order valence-electron chi connectivity index (χ1n) is 14.2. The molecule has 0 aliphatic carbocycles.